The summed E-state index contributed by atoms with van der Waals surface area (Å²) in [6.45, 7) is 0. The second-order valence-electron chi connectivity index (χ2n) is 2.27. The van der Waals surface area contributed by atoms with Gasteiger partial charge in [-0.3, -0.25) is 0 Å². The monoisotopic (exact) mass is 258 g/mol. The fourth-order valence-electron chi connectivity index (χ4n) is 0.668. The van der Waals surface area contributed by atoms with E-state index >= 15 is 0 Å². The topological polar surface area (TPSA) is 141 Å². The number of carbonyl (C=O) groups excluding carboxylic acids is 3. The zero-order chi connectivity index (χ0) is 10.6. The molecule has 16 heavy (non-hydrogen) atoms. The summed E-state index contributed by atoms with van der Waals surface area (Å²) in [7, 11) is 0. The van der Waals surface area contributed by atoms with Gasteiger partial charge < -0.3 is 34.8 Å². The van der Waals surface area contributed by atoms with Crippen LogP contribution in [-0.2, 0) is 14.4 Å². The van der Waals surface area contributed by atoms with Crippen molar-refractivity contribution in [3.8, 4) is 0 Å². The van der Waals surface area contributed by atoms with Gasteiger partial charge in [-0.15, -0.1) is 0 Å². The summed E-state index contributed by atoms with van der Waals surface area (Å²) in [5, 5.41) is 38.6. The van der Waals surface area contributed by atoms with Gasteiger partial charge in [0.05, 0.1) is 5.97 Å². The number of hydrogen-bond acceptors (Lipinski definition) is 7. The third kappa shape index (κ3) is 10.5. The minimum atomic E-state index is -2.41. The molecule has 7 nitrogen and oxygen atoms in total. The second kappa shape index (κ2) is 12.8. The van der Waals surface area contributed by atoms with Crippen LogP contribution in [0.1, 0.15) is 6.42 Å². The molecule has 0 spiro atoms. The quantitative estimate of drug-likeness (QED) is 0.482. The van der Waals surface area contributed by atoms with E-state index in [-0.39, 0.29) is 88.7 Å². The van der Waals surface area contributed by atoms with Crippen molar-refractivity contribution in [1.82, 2.24) is 0 Å². The van der Waals surface area contributed by atoms with E-state index < -0.39 is 36.4 Å². The van der Waals surface area contributed by atoms with Gasteiger partial charge in [-0.05, 0) is 6.42 Å². The zero-order valence-corrected chi connectivity index (χ0v) is 15.3. The van der Waals surface area contributed by atoms with Gasteiger partial charge in [0.15, 0.2) is 0 Å². The van der Waals surface area contributed by atoms with Crippen molar-refractivity contribution in [3.63, 3.8) is 0 Å². The summed E-state index contributed by atoms with van der Waals surface area (Å²) in [6.07, 6.45) is -3.56. The molecule has 0 heterocycles. The summed E-state index contributed by atoms with van der Waals surface area (Å²) in [5.41, 5.74) is 0. The molecule has 2 unspecified atom stereocenters. The molecule has 0 amide bonds. The number of carboxylic acids is 3. The van der Waals surface area contributed by atoms with Gasteiger partial charge in [0.25, 0.3) is 0 Å². The minimum absolute atomic E-state index is 0. The first-order valence-corrected chi connectivity index (χ1v) is 3.16. The standard InChI is InChI=1S/C6H8O7.3Na/c7-3(8)1-2(5(10)11)4(9)6(12)13;;;/h2,4,9H,1H2,(H,7,8)(H,10,11)(H,12,13);;;/q;3*+1/p-3. The summed E-state index contributed by atoms with van der Waals surface area (Å²) >= 11 is 0. The van der Waals surface area contributed by atoms with Gasteiger partial charge in [0, 0.05) is 17.9 Å². The van der Waals surface area contributed by atoms with Crippen molar-refractivity contribution < 1.29 is 123 Å². The Morgan fingerprint density at radius 2 is 1.31 bits per heavy atom. The van der Waals surface area contributed by atoms with Gasteiger partial charge in [-0.25, -0.2) is 0 Å². The molecule has 0 bridgehead atoms. The Morgan fingerprint density at radius 1 is 0.938 bits per heavy atom. The molecule has 0 aromatic rings. The van der Waals surface area contributed by atoms with Crippen LogP contribution >= 0.6 is 0 Å². The number of aliphatic hydroxyl groups is 1. The Bertz CT molecular complexity index is 244. The molecule has 2 atom stereocenters. The van der Waals surface area contributed by atoms with Crippen molar-refractivity contribution in [2.75, 3.05) is 0 Å². The first-order chi connectivity index (χ1) is 5.86. The van der Waals surface area contributed by atoms with E-state index in [0.29, 0.717) is 0 Å². The van der Waals surface area contributed by atoms with Crippen LogP contribution in [0.4, 0.5) is 0 Å². The number of rotatable bonds is 5. The molecular formula is C6H5Na3O7. The van der Waals surface area contributed by atoms with Crippen LogP contribution in [0, 0.1) is 5.92 Å². The molecule has 74 valence electrons. The molecule has 0 fully saturated rings. The number of aliphatic carboxylic acids is 3. The van der Waals surface area contributed by atoms with Gasteiger partial charge >= 0.3 is 88.7 Å². The Balaban J connectivity index is -0.000000240. The van der Waals surface area contributed by atoms with Gasteiger partial charge in [0.1, 0.15) is 6.10 Å². The first kappa shape index (κ1) is 26.0. The Labute approximate surface area is 157 Å². The van der Waals surface area contributed by atoms with E-state index in [1.807, 2.05) is 0 Å². The molecule has 0 aliphatic heterocycles. The SMILES string of the molecule is O=C([O-])CC(C(=O)[O-])C(O)C(=O)[O-].[Na+].[Na+].[Na+]. The van der Waals surface area contributed by atoms with Crippen molar-refractivity contribution in [3.05, 3.63) is 0 Å². The molecule has 0 saturated carbocycles. The average molecular weight is 258 g/mol. The third-order valence-electron chi connectivity index (χ3n) is 1.31. The molecule has 0 radical (unpaired) electrons. The third-order valence-corrected chi connectivity index (χ3v) is 1.31. The van der Waals surface area contributed by atoms with Crippen molar-refractivity contribution in [2.24, 2.45) is 5.92 Å². The predicted molar refractivity (Wildman–Crippen MR) is 29.1 cm³/mol. The van der Waals surface area contributed by atoms with Crippen LogP contribution < -0.4 is 104 Å². The second-order valence-corrected chi connectivity index (χ2v) is 2.27. The van der Waals surface area contributed by atoms with Crippen LogP contribution in [0.15, 0.2) is 0 Å². The Hall–Kier alpha value is 1.37. The van der Waals surface area contributed by atoms with E-state index in [2.05, 4.69) is 0 Å². The number of hydrogen-bond donors (Lipinski definition) is 1. The molecule has 0 aromatic carbocycles. The average Bonchev–Trinajstić information content (AvgIpc) is 1.97. The van der Waals surface area contributed by atoms with Gasteiger partial charge in [-0.1, -0.05) is 0 Å². The van der Waals surface area contributed by atoms with Crippen LogP contribution in [0.2, 0.25) is 0 Å². The molecular weight excluding hydrogens is 253 g/mol. The first-order valence-electron chi connectivity index (χ1n) is 3.16. The van der Waals surface area contributed by atoms with E-state index in [1.165, 1.54) is 0 Å². The number of carboxylic acid groups (broad SMARTS) is 3. The summed E-state index contributed by atoms with van der Waals surface area (Å²) in [4.78, 5) is 30.0. The maximum absolute atomic E-state index is 10.1. The molecule has 0 aromatic heterocycles. The molecule has 0 aliphatic carbocycles. The molecule has 0 aliphatic rings. The number of aliphatic hydroxyl groups excluding tert-OH is 1. The van der Waals surface area contributed by atoms with Crippen LogP contribution in [0.5, 0.6) is 0 Å². The molecule has 1 N–H and O–H groups in total. The summed E-state index contributed by atoms with van der Waals surface area (Å²) < 4.78 is 0. The normalized spacial score (nSPS) is 11.8. The van der Waals surface area contributed by atoms with Crippen molar-refractivity contribution >= 4 is 17.9 Å². The smallest absolute Gasteiger partial charge is 0.550 e. The van der Waals surface area contributed by atoms with Crippen LogP contribution in [-0.4, -0.2) is 29.1 Å². The van der Waals surface area contributed by atoms with E-state index in [4.69, 9.17) is 5.11 Å². The fourth-order valence-corrected chi connectivity index (χ4v) is 0.668. The maximum atomic E-state index is 10.1. The minimum Gasteiger partial charge on any atom is -0.550 e. The summed E-state index contributed by atoms with van der Waals surface area (Å²) in [5.74, 6) is -7.92. The Morgan fingerprint density at radius 3 is 1.50 bits per heavy atom. The van der Waals surface area contributed by atoms with E-state index in [0.717, 1.165) is 0 Å². The Kier molecular flexibility index (Phi) is 20.9. The van der Waals surface area contributed by atoms with E-state index in [9.17, 15) is 29.7 Å². The van der Waals surface area contributed by atoms with Gasteiger partial charge in [0.2, 0.25) is 0 Å². The maximum Gasteiger partial charge on any atom is 1.00 e. The van der Waals surface area contributed by atoms with Gasteiger partial charge in [-0.2, -0.15) is 0 Å². The largest absolute Gasteiger partial charge is 1.00 e. The van der Waals surface area contributed by atoms with Crippen LogP contribution in [0.25, 0.3) is 0 Å². The number of carbonyl (C=O) groups is 3. The van der Waals surface area contributed by atoms with Crippen molar-refractivity contribution in [2.45, 2.75) is 12.5 Å². The summed E-state index contributed by atoms with van der Waals surface area (Å²) in [6, 6.07) is 0. The van der Waals surface area contributed by atoms with Crippen molar-refractivity contribution in [1.29, 1.82) is 0 Å². The molecule has 0 rings (SSSR count). The fraction of sp³-hybridized carbons (Fsp3) is 0.500. The zero-order valence-electron chi connectivity index (χ0n) is 9.26. The predicted octanol–water partition coefficient (Wildman–Crippen LogP) is -14.4. The molecule has 0 saturated heterocycles. The molecule has 10 heteroatoms. The van der Waals surface area contributed by atoms with E-state index in [1.54, 1.807) is 0 Å². The van der Waals surface area contributed by atoms with Crippen LogP contribution in [0.3, 0.4) is 0 Å².